The number of aromatic nitrogens is 1. The lowest BCUT2D eigenvalue weighted by Gasteiger charge is -2.36. The minimum atomic E-state index is -4.07. The van der Waals surface area contributed by atoms with E-state index in [0.29, 0.717) is 24.7 Å². The molecule has 0 unspecified atom stereocenters. The number of hydrogen-bond acceptors (Lipinski definition) is 7. The molecule has 1 aliphatic carbocycles. The summed E-state index contributed by atoms with van der Waals surface area (Å²) in [4.78, 5) is 21.1. The molecule has 9 nitrogen and oxygen atoms in total. The number of sulfonamides is 1. The van der Waals surface area contributed by atoms with Gasteiger partial charge in [-0.1, -0.05) is 12.1 Å². The van der Waals surface area contributed by atoms with Gasteiger partial charge in [0.25, 0.3) is 0 Å². The fourth-order valence-corrected chi connectivity index (χ4v) is 5.51. The molecule has 0 spiro atoms. The van der Waals surface area contributed by atoms with Crippen LogP contribution in [0.25, 0.3) is 11.1 Å². The van der Waals surface area contributed by atoms with Crippen molar-refractivity contribution in [2.45, 2.75) is 29.8 Å². The lowest BCUT2D eigenvalue weighted by atomic mass is 10.1. The van der Waals surface area contributed by atoms with Gasteiger partial charge < -0.3 is 15.4 Å². The Hall–Kier alpha value is -2.53. The average molecular weight is 460 g/mol. The third-order valence-electron chi connectivity index (χ3n) is 5.98. The van der Waals surface area contributed by atoms with E-state index in [4.69, 9.17) is 10.5 Å². The summed E-state index contributed by atoms with van der Waals surface area (Å²) in [7, 11) is -2.65. The highest BCUT2D eigenvalue weighted by Crippen LogP contribution is 2.35. The molecule has 32 heavy (non-hydrogen) atoms. The first-order valence-electron chi connectivity index (χ1n) is 10.8. The molecule has 1 aromatic heterocycles. The van der Waals surface area contributed by atoms with Crippen LogP contribution < -0.4 is 15.2 Å². The van der Waals surface area contributed by atoms with Gasteiger partial charge in [-0.2, -0.15) is 4.72 Å². The number of para-hydroxylation sites is 1. The first-order chi connectivity index (χ1) is 15.4. The highest BCUT2D eigenvalue weighted by Gasteiger charge is 2.35. The van der Waals surface area contributed by atoms with Crippen molar-refractivity contribution in [3.63, 3.8) is 0 Å². The molecule has 1 atom stereocenters. The van der Waals surface area contributed by atoms with Crippen LogP contribution in [-0.4, -0.2) is 81.0 Å². The number of rotatable bonds is 8. The molecule has 10 heteroatoms. The number of piperazine rings is 1. The van der Waals surface area contributed by atoms with E-state index in [-0.39, 0.29) is 23.1 Å². The predicted octanol–water partition coefficient (Wildman–Crippen LogP) is 0.669. The van der Waals surface area contributed by atoms with Crippen molar-refractivity contribution in [2.24, 2.45) is 5.73 Å². The zero-order chi connectivity index (χ0) is 22.7. The summed E-state index contributed by atoms with van der Waals surface area (Å²) in [5, 5.41) is 0. The number of carbonyl (C=O) groups is 1. The van der Waals surface area contributed by atoms with Gasteiger partial charge in [0.2, 0.25) is 15.9 Å². The Balaban J connectivity index is 1.53. The van der Waals surface area contributed by atoms with E-state index in [1.807, 2.05) is 0 Å². The van der Waals surface area contributed by atoms with Crippen molar-refractivity contribution in [3.05, 3.63) is 42.7 Å². The van der Waals surface area contributed by atoms with Gasteiger partial charge in [0.15, 0.2) is 0 Å². The number of carbonyl (C=O) groups excluding carboxylic acids is 1. The van der Waals surface area contributed by atoms with Gasteiger partial charge in [0.05, 0.1) is 7.11 Å². The summed E-state index contributed by atoms with van der Waals surface area (Å²) in [6.07, 6.45) is 5.69. The van der Waals surface area contributed by atoms with E-state index in [2.05, 4.69) is 14.6 Å². The molecule has 2 aliphatic rings. The van der Waals surface area contributed by atoms with Crippen LogP contribution in [0, 0.1) is 0 Å². The van der Waals surface area contributed by atoms with Crippen LogP contribution in [0.4, 0.5) is 0 Å². The van der Waals surface area contributed by atoms with Crippen LogP contribution >= 0.6 is 0 Å². The van der Waals surface area contributed by atoms with E-state index >= 15 is 0 Å². The number of amides is 1. The number of ether oxygens (including phenoxy) is 1. The van der Waals surface area contributed by atoms with Crippen LogP contribution in [0.3, 0.4) is 0 Å². The molecule has 1 saturated heterocycles. The molecule has 2 fully saturated rings. The quantitative estimate of drug-likeness (QED) is 0.596. The largest absolute Gasteiger partial charge is 0.495 e. The van der Waals surface area contributed by atoms with Gasteiger partial charge in [-0.05, 0) is 36.6 Å². The Morgan fingerprint density at radius 2 is 1.88 bits per heavy atom. The van der Waals surface area contributed by atoms with Crippen LogP contribution in [-0.2, 0) is 14.8 Å². The lowest BCUT2D eigenvalue weighted by Crippen LogP contribution is -2.57. The van der Waals surface area contributed by atoms with Crippen molar-refractivity contribution < 1.29 is 17.9 Å². The van der Waals surface area contributed by atoms with Crippen LogP contribution in [0.5, 0.6) is 5.75 Å². The first-order valence-corrected chi connectivity index (χ1v) is 12.3. The number of hydrogen-bond donors (Lipinski definition) is 2. The van der Waals surface area contributed by atoms with Crippen molar-refractivity contribution >= 4 is 15.9 Å². The highest BCUT2D eigenvalue weighted by molar-refractivity contribution is 7.89. The van der Waals surface area contributed by atoms with Gasteiger partial charge in [-0.15, -0.1) is 0 Å². The smallest absolute Gasteiger partial charge is 0.245 e. The summed E-state index contributed by atoms with van der Waals surface area (Å²) < 4.78 is 34.5. The van der Waals surface area contributed by atoms with Gasteiger partial charge in [-0.25, -0.2) is 8.42 Å². The fraction of sp³-hybridized carbons (Fsp3) is 0.455. The van der Waals surface area contributed by atoms with Gasteiger partial charge >= 0.3 is 0 Å². The second-order valence-electron chi connectivity index (χ2n) is 8.07. The maximum Gasteiger partial charge on any atom is 0.245 e. The minimum absolute atomic E-state index is 0.0425. The van der Waals surface area contributed by atoms with E-state index in [9.17, 15) is 13.2 Å². The molecule has 1 aromatic carbocycles. The van der Waals surface area contributed by atoms with Crippen LogP contribution in [0.15, 0.2) is 47.6 Å². The lowest BCUT2D eigenvalue weighted by molar-refractivity contribution is -0.134. The third-order valence-corrected chi connectivity index (χ3v) is 7.48. The third kappa shape index (κ3) is 4.78. The summed E-state index contributed by atoms with van der Waals surface area (Å²) in [5.41, 5.74) is 7.21. The zero-order valence-electron chi connectivity index (χ0n) is 18.1. The molecule has 2 heterocycles. The maximum absolute atomic E-state index is 13.3. The average Bonchev–Trinajstić information content (AvgIpc) is 3.68. The Bertz CT molecular complexity index is 1050. The Morgan fingerprint density at radius 1 is 1.19 bits per heavy atom. The van der Waals surface area contributed by atoms with Crippen LogP contribution in [0.2, 0.25) is 0 Å². The number of methoxy groups -OCH3 is 1. The van der Waals surface area contributed by atoms with Crippen molar-refractivity contribution in [1.29, 1.82) is 0 Å². The van der Waals surface area contributed by atoms with E-state index < -0.39 is 16.1 Å². The summed E-state index contributed by atoms with van der Waals surface area (Å²) in [6, 6.07) is 8.03. The second kappa shape index (κ2) is 9.53. The highest BCUT2D eigenvalue weighted by atomic mass is 32.2. The van der Waals surface area contributed by atoms with Crippen LogP contribution in [0.1, 0.15) is 12.8 Å². The van der Waals surface area contributed by atoms with Crippen molar-refractivity contribution in [2.75, 3.05) is 39.8 Å². The Labute approximate surface area is 188 Å². The molecule has 4 rings (SSSR count). The number of pyridine rings is 1. The Morgan fingerprint density at radius 3 is 2.47 bits per heavy atom. The second-order valence-corrected chi connectivity index (χ2v) is 9.76. The number of nitrogens with zero attached hydrogens (tertiary/aromatic N) is 3. The number of nitrogens with two attached hydrogens (primary N) is 1. The molecular weight excluding hydrogens is 430 g/mol. The molecule has 0 bridgehead atoms. The minimum Gasteiger partial charge on any atom is -0.495 e. The fourth-order valence-electron chi connectivity index (χ4n) is 4.11. The predicted molar refractivity (Wildman–Crippen MR) is 121 cm³/mol. The zero-order valence-corrected chi connectivity index (χ0v) is 18.9. The van der Waals surface area contributed by atoms with Gasteiger partial charge in [0.1, 0.15) is 16.7 Å². The number of nitrogens with one attached hydrogen (secondary N) is 1. The topological polar surface area (TPSA) is 118 Å². The SMILES string of the molecule is COc1c(-c2ccncc2)cccc1S(=O)(=O)N[C@@H](CN)C(=O)N1CCN(C2CC2)CC1. The molecule has 1 amide bonds. The van der Waals surface area contributed by atoms with Crippen molar-refractivity contribution in [3.8, 4) is 16.9 Å². The van der Waals surface area contributed by atoms with Gasteiger partial charge in [-0.3, -0.25) is 14.7 Å². The molecule has 3 N–H and O–H groups in total. The molecule has 0 radical (unpaired) electrons. The summed E-state index contributed by atoms with van der Waals surface area (Å²) in [5.74, 6) is -0.0942. The maximum atomic E-state index is 13.3. The standard InChI is InChI=1S/C22H29N5O4S/c1-31-21-18(16-7-9-24-10-8-16)3-2-4-20(21)32(29,30)25-19(15-23)22(28)27-13-11-26(12-14-27)17-5-6-17/h2-4,7-10,17,19,25H,5-6,11-15,23H2,1H3/t19-/m0/s1. The molecule has 172 valence electrons. The number of benzene rings is 1. The summed E-state index contributed by atoms with van der Waals surface area (Å²) >= 11 is 0. The van der Waals surface area contributed by atoms with E-state index in [1.54, 1.807) is 41.6 Å². The molecule has 2 aromatic rings. The molecule has 1 saturated carbocycles. The van der Waals surface area contributed by atoms with E-state index in [1.165, 1.54) is 26.0 Å². The van der Waals surface area contributed by atoms with Crippen molar-refractivity contribution in [1.82, 2.24) is 19.5 Å². The van der Waals surface area contributed by atoms with E-state index in [0.717, 1.165) is 18.7 Å². The first kappa shape index (κ1) is 22.7. The summed E-state index contributed by atoms with van der Waals surface area (Å²) in [6.45, 7) is 2.64. The molecular formula is C22H29N5O4S. The Kier molecular flexibility index (Phi) is 6.75. The molecule has 1 aliphatic heterocycles. The monoisotopic (exact) mass is 459 g/mol. The normalized spacial score (nSPS) is 18.4. The van der Waals surface area contributed by atoms with Gasteiger partial charge in [0, 0.05) is 56.7 Å².